The number of benzene rings is 2. The van der Waals surface area contributed by atoms with Crippen LogP contribution in [0.4, 0.5) is 11.4 Å². The topological polar surface area (TPSA) is 75.8 Å². The Morgan fingerprint density at radius 2 is 1.88 bits per heavy atom. The first-order valence-electron chi connectivity index (χ1n) is 7.51. The van der Waals surface area contributed by atoms with Crippen molar-refractivity contribution >= 4 is 45.8 Å². The molecule has 0 radical (unpaired) electrons. The second-order valence-corrected chi connectivity index (χ2v) is 7.36. The van der Waals surface area contributed by atoms with Gasteiger partial charge in [-0.2, -0.15) is 0 Å². The average molecular weight is 376 g/mol. The van der Waals surface area contributed by atoms with Gasteiger partial charge in [-0.1, -0.05) is 30.3 Å². The zero-order valence-electron chi connectivity index (χ0n) is 13.3. The van der Waals surface area contributed by atoms with Gasteiger partial charge >= 0.3 is 0 Å². The highest BCUT2D eigenvalue weighted by Crippen LogP contribution is 2.30. The van der Waals surface area contributed by atoms with E-state index in [1.165, 1.54) is 36.0 Å². The monoisotopic (exact) mass is 375 g/mol. The summed E-state index contributed by atoms with van der Waals surface area (Å²) >= 11 is 7.40. The Labute approximate surface area is 153 Å². The van der Waals surface area contributed by atoms with E-state index in [9.17, 15) is 14.9 Å². The third kappa shape index (κ3) is 4.00. The number of halogens is 1. The van der Waals surface area contributed by atoms with Gasteiger partial charge in [0.15, 0.2) is 5.17 Å². The first-order valence-corrected chi connectivity index (χ1v) is 8.77. The lowest BCUT2D eigenvalue weighted by molar-refractivity contribution is -0.384. The van der Waals surface area contributed by atoms with Crippen molar-refractivity contribution in [3.63, 3.8) is 0 Å². The van der Waals surface area contributed by atoms with Crippen LogP contribution in [0.3, 0.4) is 0 Å². The predicted molar refractivity (Wildman–Crippen MR) is 99.7 cm³/mol. The maximum absolute atomic E-state index is 12.8. The molecule has 1 aliphatic heterocycles. The number of amidine groups is 1. The van der Waals surface area contributed by atoms with Gasteiger partial charge in [0, 0.05) is 34.5 Å². The summed E-state index contributed by atoms with van der Waals surface area (Å²) in [5.41, 5.74) is 1.06. The first kappa shape index (κ1) is 17.4. The number of non-ortho nitro benzene ring substituents is 1. The molecule has 3 rings (SSSR count). The van der Waals surface area contributed by atoms with E-state index in [4.69, 9.17) is 11.6 Å². The molecule has 2 aromatic carbocycles. The van der Waals surface area contributed by atoms with Crippen molar-refractivity contribution in [3.8, 4) is 0 Å². The molecule has 6 nitrogen and oxygen atoms in total. The van der Waals surface area contributed by atoms with Crippen LogP contribution in [0, 0.1) is 10.1 Å². The zero-order chi connectivity index (χ0) is 18.0. The molecule has 1 atom stereocenters. The summed E-state index contributed by atoms with van der Waals surface area (Å²) in [6.45, 7) is 2.55. The quantitative estimate of drug-likeness (QED) is 0.584. The molecule has 0 aromatic heterocycles. The third-order valence-electron chi connectivity index (χ3n) is 3.60. The van der Waals surface area contributed by atoms with E-state index in [-0.39, 0.29) is 16.8 Å². The molecule has 25 heavy (non-hydrogen) atoms. The lowest BCUT2D eigenvalue weighted by atomic mass is 10.2. The minimum Gasteiger partial charge on any atom is -0.286 e. The van der Waals surface area contributed by atoms with Crippen LogP contribution in [0.2, 0.25) is 5.02 Å². The van der Waals surface area contributed by atoms with E-state index in [2.05, 4.69) is 4.99 Å². The molecule has 0 N–H and O–H groups in total. The second-order valence-electron chi connectivity index (χ2n) is 5.52. The van der Waals surface area contributed by atoms with E-state index < -0.39 is 4.92 Å². The van der Waals surface area contributed by atoms with Crippen LogP contribution in [0.25, 0.3) is 0 Å². The Kier molecular flexibility index (Phi) is 5.06. The predicted octanol–water partition coefficient (Wildman–Crippen LogP) is 4.51. The Hall–Kier alpha value is -2.38. The number of amides is 1. The summed E-state index contributed by atoms with van der Waals surface area (Å²) < 4.78 is 0. The van der Waals surface area contributed by atoms with Crippen molar-refractivity contribution in [2.24, 2.45) is 4.99 Å². The fourth-order valence-corrected chi connectivity index (χ4v) is 3.53. The number of thioether (sulfide) groups is 1. The largest absolute Gasteiger partial charge is 0.286 e. The number of rotatable bonds is 3. The summed E-state index contributed by atoms with van der Waals surface area (Å²) in [7, 11) is 0. The lowest BCUT2D eigenvalue weighted by Crippen LogP contribution is -2.32. The van der Waals surface area contributed by atoms with E-state index in [1.54, 1.807) is 29.2 Å². The van der Waals surface area contributed by atoms with Gasteiger partial charge in [-0.25, -0.2) is 4.99 Å². The number of nitro benzene ring substituents is 1. The van der Waals surface area contributed by atoms with Crippen LogP contribution in [0.5, 0.6) is 0 Å². The highest BCUT2D eigenvalue weighted by atomic mass is 35.5. The minimum absolute atomic E-state index is 0.0456. The highest BCUT2D eigenvalue weighted by Gasteiger charge is 2.31. The highest BCUT2D eigenvalue weighted by molar-refractivity contribution is 8.14. The molecule has 1 saturated heterocycles. The minimum atomic E-state index is -0.491. The average Bonchev–Trinajstić information content (AvgIpc) is 2.96. The molecule has 0 bridgehead atoms. The molecular weight excluding hydrogens is 362 g/mol. The van der Waals surface area contributed by atoms with Gasteiger partial charge in [-0.05, 0) is 36.4 Å². The number of hydrogen-bond donors (Lipinski definition) is 0. The fraction of sp³-hybridized carbons (Fsp3) is 0.176. The number of aliphatic imine (C=N–C) groups is 1. The lowest BCUT2D eigenvalue weighted by Gasteiger charge is -2.16. The van der Waals surface area contributed by atoms with Crippen molar-refractivity contribution in [3.05, 3.63) is 69.2 Å². The molecule has 128 valence electrons. The van der Waals surface area contributed by atoms with E-state index in [1.807, 2.05) is 6.92 Å². The number of carbonyl (C=O) groups is 1. The Bertz CT molecular complexity index is 837. The molecular formula is C17H14ClN3O3S. The number of carbonyl (C=O) groups excluding carboxylic acids is 1. The number of nitrogens with zero attached hydrogens (tertiary/aromatic N) is 3. The summed E-state index contributed by atoms with van der Waals surface area (Å²) in [6.07, 6.45) is 0. The van der Waals surface area contributed by atoms with Crippen LogP contribution in [-0.2, 0) is 0 Å². The van der Waals surface area contributed by atoms with E-state index in [0.717, 1.165) is 0 Å². The van der Waals surface area contributed by atoms with Gasteiger partial charge in [-0.15, -0.1) is 0 Å². The summed E-state index contributed by atoms with van der Waals surface area (Å²) in [5, 5.41) is 12.2. The van der Waals surface area contributed by atoms with Crippen LogP contribution in [0.15, 0.2) is 53.5 Å². The van der Waals surface area contributed by atoms with E-state index in [0.29, 0.717) is 28.0 Å². The van der Waals surface area contributed by atoms with Crippen LogP contribution in [0.1, 0.15) is 17.3 Å². The van der Waals surface area contributed by atoms with Gasteiger partial charge in [0.25, 0.3) is 11.6 Å². The maximum atomic E-state index is 12.8. The van der Waals surface area contributed by atoms with Gasteiger partial charge in [0.05, 0.1) is 10.6 Å². The van der Waals surface area contributed by atoms with Crippen molar-refractivity contribution in [2.75, 3.05) is 6.54 Å². The smallest absolute Gasteiger partial charge is 0.269 e. The summed E-state index contributed by atoms with van der Waals surface area (Å²) in [5.74, 6) is -0.223. The summed E-state index contributed by atoms with van der Waals surface area (Å²) in [6, 6.07) is 12.6. The molecule has 0 saturated carbocycles. The van der Waals surface area contributed by atoms with Crippen LogP contribution in [-0.4, -0.2) is 32.7 Å². The van der Waals surface area contributed by atoms with Crippen molar-refractivity contribution < 1.29 is 9.72 Å². The van der Waals surface area contributed by atoms with Gasteiger partial charge in [-0.3, -0.25) is 19.8 Å². The molecule has 0 unspecified atom stereocenters. The molecule has 2 aromatic rings. The first-order chi connectivity index (χ1) is 11.9. The summed E-state index contributed by atoms with van der Waals surface area (Å²) in [4.78, 5) is 29.2. The van der Waals surface area contributed by atoms with Crippen molar-refractivity contribution in [1.82, 2.24) is 4.90 Å². The fourth-order valence-electron chi connectivity index (χ4n) is 2.38. The Morgan fingerprint density at radius 3 is 2.48 bits per heavy atom. The molecule has 1 heterocycles. The van der Waals surface area contributed by atoms with Gasteiger partial charge < -0.3 is 0 Å². The van der Waals surface area contributed by atoms with Crippen molar-refractivity contribution in [2.45, 2.75) is 12.2 Å². The Morgan fingerprint density at radius 1 is 1.24 bits per heavy atom. The number of hydrogen-bond acceptors (Lipinski definition) is 5. The van der Waals surface area contributed by atoms with Crippen LogP contribution < -0.4 is 0 Å². The molecule has 1 fully saturated rings. The van der Waals surface area contributed by atoms with Crippen molar-refractivity contribution in [1.29, 1.82) is 0 Å². The molecule has 1 amide bonds. The molecule has 0 aliphatic carbocycles. The molecule has 0 spiro atoms. The van der Waals surface area contributed by atoms with E-state index >= 15 is 0 Å². The third-order valence-corrected chi connectivity index (χ3v) is 4.92. The normalized spacial score (nSPS) is 18.6. The van der Waals surface area contributed by atoms with Gasteiger partial charge in [0.1, 0.15) is 0 Å². The SMILES string of the molecule is C[C@@H]1CN(C(=O)c2ccc([N+](=O)[O-])cc2)C(=Nc2ccc(Cl)cc2)S1. The molecule has 1 aliphatic rings. The second kappa shape index (κ2) is 7.25. The maximum Gasteiger partial charge on any atom is 0.269 e. The van der Waals surface area contributed by atoms with Gasteiger partial charge in [0.2, 0.25) is 0 Å². The Balaban J connectivity index is 1.86. The molecule has 8 heteroatoms. The van der Waals surface area contributed by atoms with Crippen LogP contribution >= 0.6 is 23.4 Å². The number of nitro groups is 1. The zero-order valence-corrected chi connectivity index (χ0v) is 14.8. The standard InChI is InChI=1S/C17H14ClN3O3S/c1-11-10-20(16(22)12-2-8-15(9-3-12)21(23)24)17(25-11)19-14-6-4-13(18)5-7-14/h2-9,11H,10H2,1H3/t11-/m1/s1.